The number of nitrogens with zero attached hydrogens (tertiary/aromatic N) is 1. The van der Waals surface area contributed by atoms with E-state index >= 15 is 0 Å². The Balaban J connectivity index is 2.59. The van der Waals surface area contributed by atoms with Crippen molar-refractivity contribution in [2.75, 3.05) is 14.2 Å². The van der Waals surface area contributed by atoms with Crippen LogP contribution >= 0.6 is 0 Å². The second-order valence-corrected chi connectivity index (χ2v) is 3.75. The molecule has 5 heteroatoms. The number of aromatic nitrogens is 1. The number of fused-ring (bicyclic) bond motifs is 1. The Morgan fingerprint density at radius 2 is 2.22 bits per heavy atom. The molecule has 0 saturated carbocycles. The smallest absolute Gasteiger partial charge is 0.310 e. The van der Waals surface area contributed by atoms with Gasteiger partial charge in [-0.25, -0.2) is 0 Å². The molecule has 1 aromatic carbocycles. The lowest BCUT2D eigenvalue weighted by molar-refractivity contribution is -0.139. The lowest BCUT2D eigenvalue weighted by atomic mass is 10.1. The van der Waals surface area contributed by atoms with Crippen LogP contribution in [0.3, 0.4) is 0 Å². The number of ether oxygens (including phenoxy) is 2. The molecule has 18 heavy (non-hydrogen) atoms. The van der Waals surface area contributed by atoms with Gasteiger partial charge >= 0.3 is 5.97 Å². The summed E-state index contributed by atoms with van der Waals surface area (Å²) >= 11 is 0. The normalized spacial score (nSPS) is 10.1. The SMILES string of the molecule is COC(=O)Cc1c(C#N)[nH]c2ccc(OC)cc12. The Kier molecular flexibility index (Phi) is 3.20. The number of nitriles is 1. The second-order valence-electron chi connectivity index (χ2n) is 3.75. The minimum Gasteiger partial charge on any atom is -0.497 e. The van der Waals surface area contributed by atoms with E-state index < -0.39 is 0 Å². The molecule has 0 saturated heterocycles. The van der Waals surface area contributed by atoms with Crippen LogP contribution in [0.15, 0.2) is 18.2 Å². The van der Waals surface area contributed by atoms with Gasteiger partial charge < -0.3 is 14.5 Å². The molecule has 1 aromatic heterocycles. The van der Waals surface area contributed by atoms with Crippen LogP contribution in [0.25, 0.3) is 10.9 Å². The number of aromatic amines is 1. The zero-order valence-corrected chi connectivity index (χ0v) is 10.1. The highest BCUT2D eigenvalue weighted by Crippen LogP contribution is 2.26. The maximum atomic E-state index is 11.4. The number of esters is 1. The van der Waals surface area contributed by atoms with Crippen molar-refractivity contribution in [1.29, 1.82) is 5.26 Å². The number of carbonyl (C=O) groups excluding carboxylic acids is 1. The number of benzene rings is 1. The van der Waals surface area contributed by atoms with Crippen molar-refractivity contribution in [3.05, 3.63) is 29.5 Å². The molecule has 2 rings (SSSR count). The maximum absolute atomic E-state index is 11.4. The van der Waals surface area contributed by atoms with E-state index in [0.29, 0.717) is 17.0 Å². The van der Waals surface area contributed by atoms with Gasteiger partial charge in [0.2, 0.25) is 0 Å². The van der Waals surface area contributed by atoms with Crippen LogP contribution in [-0.2, 0) is 16.0 Å². The molecule has 0 bridgehead atoms. The van der Waals surface area contributed by atoms with E-state index in [-0.39, 0.29) is 12.4 Å². The van der Waals surface area contributed by atoms with Crippen LogP contribution in [0.4, 0.5) is 0 Å². The van der Waals surface area contributed by atoms with Gasteiger partial charge in [-0.2, -0.15) is 5.26 Å². The average molecular weight is 244 g/mol. The molecular formula is C13H12N2O3. The largest absolute Gasteiger partial charge is 0.497 e. The monoisotopic (exact) mass is 244 g/mol. The second kappa shape index (κ2) is 4.80. The molecule has 0 amide bonds. The molecule has 0 aliphatic heterocycles. The number of carbonyl (C=O) groups is 1. The Bertz CT molecular complexity index is 637. The van der Waals surface area contributed by atoms with Crippen LogP contribution in [0.2, 0.25) is 0 Å². The Hall–Kier alpha value is -2.48. The molecular weight excluding hydrogens is 232 g/mol. The number of H-pyrrole nitrogens is 1. The molecule has 0 unspecified atom stereocenters. The molecule has 0 aliphatic carbocycles. The summed E-state index contributed by atoms with van der Waals surface area (Å²) in [5.74, 6) is 0.298. The average Bonchev–Trinajstić information content (AvgIpc) is 2.75. The molecule has 0 fully saturated rings. The van der Waals surface area contributed by atoms with Crippen LogP contribution in [-0.4, -0.2) is 25.2 Å². The summed E-state index contributed by atoms with van der Waals surface area (Å²) in [5.41, 5.74) is 1.81. The van der Waals surface area contributed by atoms with Crippen LogP contribution in [0, 0.1) is 11.3 Å². The van der Waals surface area contributed by atoms with Gasteiger partial charge in [-0.1, -0.05) is 0 Å². The number of methoxy groups -OCH3 is 2. The summed E-state index contributed by atoms with van der Waals surface area (Å²) in [5, 5.41) is 9.87. The van der Waals surface area contributed by atoms with Crippen LogP contribution in [0.1, 0.15) is 11.3 Å². The van der Waals surface area contributed by atoms with E-state index in [4.69, 9.17) is 10.00 Å². The molecule has 0 atom stereocenters. The first kappa shape index (κ1) is 12.0. The van der Waals surface area contributed by atoms with E-state index in [1.165, 1.54) is 7.11 Å². The zero-order chi connectivity index (χ0) is 13.1. The lowest BCUT2D eigenvalue weighted by Gasteiger charge is -2.01. The fraction of sp³-hybridized carbons (Fsp3) is 0.231. The zero-order valence-electron chi connectivity index (χ0n) is 10.1. The van der Waals surface area contributed by atoms with Crippen molar-refractivity contribution in [1.82, 2.24) is 4.98 Å². The van der Waals surface area contributed by atoms with Gasteiger partial charge in [-0.15, -0.1) is 0 Å². The summed E-state index contributed by atoms with van der Waals surface area (Å²) < 4.78 is 9.77. The highest BCUT2D eigenvalue weighted by molar-refractivity contribution is 5.90. The predicted octanol–water partition coefficient (Wildman–Crippen LogP) is 1.76. The van der Waals surface area contributed by atoms with E-state index in [1.54, 1.807) is 19.2 Å². The summed E-state index contributed by atoms with van der Waals surface area (Å²) in [7, 11) is 2.89. The Morgan fingerprint density at radius 3 is 2.83 bits per heavy atom. The number of nitrogens with one attached hydrogen (secondary N) is 1. The van der Waals surface area contributed by atoms with Crippen molar-refractivity contribution in [3.63, 3.8) is 0 Å². The topological polar surface area (TPSA) is 75.1 Å². The molecule has 1 N–H and O–H groups in total. The van der Waals surface area contributed by atoms with Crippen molar-refractivity contribution in [2.45, 2.75) is 6.42 Å². The Labute approximate surface area is 104 Å². The van der Waals surface area contributed by atoms with Gasteiger partial charge in [0, 0.05) is 16.5 Å². The van der Waals surface area contributed by atoms with Crippen molar-refractivity contribution >= 4 is 16.9 Å². The highest BCUT2D eigenvalue weighted by Gasteiger charge is 2.15. The van der Waals surface area contributed by atoms with Crippen LogP contribution < -0.4 is 4.74 Å². The first-order valence-electron chi connectivity index (χ1n) is 5.35. The molecule has 0 spiro atoms. The molecule has 1 heterocycles. The predicted molar refractivity (Wildman–Crippen MR) is 65.3 cm³/mol. The minimum atomic E-state index is -0.379. The van der Waals surface area contributed by atoms with E-state index in [2.05, 4.69) is 9.72 Å². The van der Waals surface area contributed by atoms with E-state index in [9.17, 15) is 4.79 Å². The summed E-state index contributed by atoms with van der Waals surface area (Å²) in [6.45, 7) is 0. The standard InChI is InChI=1S/C13H12N2O3/c1-17-8-3-4-11-9(5-8)10(6-13(16)18-2)12(7-14)15-11/h3-5,15H,6H2,1-2H3. The van der Waals surface area contributed by atoms with Crippen molar-refractivity contribution in [3.8, 4) is 11.8 Å². The minimum absolute atomic E-state index is 0.0621. The number of rotatable bonds is 3. The van der Waals surface area contributed by atoms with Crippen molar-refractivity contribution < 1.29 is 14.3 Å². The van der Waals surface area contributed by atoms with Gasteiger partial charge in [0.15, 0.2) is 0 Å². The molecule has 5 nitrogen and oxygen atoms in total. The van der Waals surface area contributed by atoms with Gasteiger partial charge in [0.05, 0.1) is 20.6 Å². The fourth-order valence-electron chi connectivity index (χ4n) is 1.85. The molecule has 0 radical (unpaired) electrons. The third kappa shape index (κ3) is 2.00. The van der Waals surface area contributed by atoms with Crippen LogP contribution in [0.5, 0.6) is 5.75 Å². The molecule has 2 aromatic rings. The van der Waals surface area contributed by atoms with Gasteiger partial charge in [-0.05, 0) is 18.2 Å². The summed E-state index contributed by atoms with van der Waals surface area (Å²) in [4.78, 5) is 14.3. The maximum Gasteiger partial charge on any atom is 0.310 e. The molecule has 0 aliphatic rings. The quantitative estimate of drug-likeness (QED) is 0.835. The third-order valence-corrected chi connectivity index (χ3v) is 2.77. The summed E-state index contributed by atoms with van der Waals surface area (Å²) in [6, 6.07) is 7.45. The summed E-state index contributed by atoms with van der Waals surface area (Å²) in [6.07, 6.45) is 0.0621. The van der Waals surface area contributed by atoms with Gasteiger partial charge in [0.1, 0.15) is 17.5 Å². The third-order valence-electron chi connectivity index (χ3n) is 2.77. The van der Waals surface area contributed by atoms with Gasteiger partial charge in [-0.3, -0.25) is 4.79 Å². The first-order valence-corrected chi connectivity index (χ1v) is 5.35. The lowest BCUT2D eigenvalue weighted by Crippen LogP contribution is -2.05. The van der Waals surface area contributed by atoms with Crippen molar-refractivity contribution in [2.24, 2.45) is 0 Å². The number of hydrogen-bond acceptors (Lipinski definition) is 4. The van der Waals surface area contributed by atoms with E-state index in [1.807, 2.05) is 12.1 Å². The highest BCUT2D eigenvalue weighted by atomic mass is 16.5. The Morgan fingerprint density at radius 1 is 1.44 bits per heavy atom. The number of hydrogen-bond donors (Lipinski definition) is 1. The van der Waals surface area contributed by atoms with E-state index in [0.717, 1.165) is 10.9 Å². The first-order chi connectivity index (χ1) is 8.69. The van der Waals surface area contributed by atoms with Gasteiger partial charge in [0.25, 0.3) is 0 Å². The molecule has 92 valence electrons. The fourth-order valence-corrected chi connectivity index (χ4v) is 1.85.